The predicted molar refractivity (Wildman–Crippen MR) is 108 cm³/mol. The van der Waals surface area contributed by atoms with E-state index in [2.05, 4.69) is 14.9 Å². The van der Waals surface area contributed by atoms with Gasteiger partial charge in [-0.25, -0.2) is 0 Å². The van der Waals surface area contributed by atoms with Gasteiger partial charge >= 0.3 is 0 Å². The van der Waals surface area contributed by atoms with Gasteiger partial charge in [-0.3, -0.25) is 5.43 Å². The number of nitrogens with one attached hydrogen (secondary N) is 1. The Labute approximate surface area is 168 Å². The van der Waals surface area contributed by atoms with Crippen LogP contribution >= 0.6 is 0 Å². The number of aryl methyl sites for hydroxylation is 1. The Morgan fingerprint density at radius 2 is 1.93 bits per heavy atom. The van der Waals surface area contributed by atoms with Crippen LogP contribution in [0.1, 0.15) is 22.3 Å². The molecule has 1 aliphatic rings. The first kappa shape index (κ1) is 20.6. The van der Waals surface area contributed by atoms with Crippen molar-refractivity contribution in [3.8, 4) is 17.2 Å². The van der Waals surface area contributed by atoms with Crippen LogP contribution < -0.4 is 14.9 Å². The minimum Gasteiger partial charge on any atom is -0.504 e. The highest BCUT2D eigenvalue weighted by molar-refractivity contribution is 7.91. The highest BCUT2D eigenvalue weighted by Crippen LogP contribution is 2.38. The highest BCUT2D eigenvalue weighted by atomic mass is 32.2. The summed E-state index contributed by atoms with van der Waals surface area (Å²) in [6, 6.07) is 6.27. The second kappa shape index (κ2) is 8.10. The van der Waals surface area contributed by atoms with Crippen molar-refractivity contribution in [2.24, 2.45) is 9.50 Å². The number of fused-ring (bicyclic) bond motifs is 1. The number of nitrogens with zero attached hydrogens (tertiary/aromatic N) is 2. The topological polar surface area (TPSA) is 130 Å². The average molecular weight is 419 g/mol. The number of amidine groups is 1. The van der Waals surface area contributed by atoms with E-state index in [-0.39, 0.29) is 41.0 Å². The third-order valence-corrected chi connectivity index (χ3v) is 5.80. The molecule has 0 amide bonds. The fourth-order valence-electron chi connectivity index (χ4n) is 3.13. The number of aliphatic hydroxyl groups is 1. The molecule has 0 saturated heterocycles. The lowest BCUT2D eigenvalue weighted by atomic mass is 9.98. The van der Waals surface area contributed by atoms with Gasteiger partial charge in [0.15, 0.2) is 17.3 Å². The summed E-state index contributed by atoms with van der Waals surface area (Å²) in [5.74, 6) is 0.513. The molecule has 29 heavy (non-hydrogen) atoms. The van der Waals surface area contributed by atoms with Crippen LogP contribution in [0, 0.1) is 6.92 Å². The van der Waals surface area contributed by atoms with E-state index >= 15 is 0 Å². The first-order chi connectivity index (χ1) is 13.8. The van der Waals surface area contributed by atoms with Crippen LogP contribution in [-0.4, -0.2) is 51.5 Å². The first-order valence-electron chi connectivity index (χ1n) is 8.65. The molecule has 0 spiro atoms. The minimum absolute atomic E-state index is 0.00554. The van der Waals surface area contributed by atoms with Crippen LogP contribution in [0.25, 0.3) is 0 Å². The first-order valence-corrected chi connectivity index (χ1v) is 10.1. The van der Waals surface area contributed by atoms with Crippen molar-refractivity contribution in [3.05, 3.63) is 46.5 Å². The third-order valence-electron chi connectivity index (χ3n) is 4.45. The molecular weight excluding hydrogens is 398 g/mol. The largest absolute Gasteiger partial charge is 0.504 e. The van der Waals surface area contributed by atoms with Crippen molar-refractivity contribution in [3.63, 3.8) is 0 Å². The molecule has 154 valence electrons. The number of hydrogen-bond donors (Lipinski definition) is 3. The minimum atomic E-state index is -3.97. The van der Waals surface area contributed by atoms with Gasteiger partial charge in [0.2, 0.25) is 0 Å². The summed E-state index contributed by atoms with van der Waals surface area (Å²) in [6.07, 6.45) is 1.70. The third kappa shape index (κ3) is 3.89. The molecule has 0 unspecified atom stereocenters. The van der Waals surface area contributed by atoms with Crippen LogP contribution in [0.4, 0.5) is 0 Å². The van der Waals surface area contributed by atoms with E-state index in [4.69, 9.17) is 9.47 Å². The van der Waals surface area contributed by atoms with Crippen LogP contribution in [0.2, 0.25) is 0 Å². The lowest BCUT2D eigenvalue weighted by Crippen LogP contribution is -2.20. The van der Waals surface area contributed by atoms with Gasteiger partial charge in [-0.2, -0.15) is 13.5 Å². The Balaban J connectivity index is 2.00. The monoisotopic (exact) mass is 419 g/mol. The zero-order valence-corrected chi connectivity index (χ0v) is 16.9. The average Bonchev–Trinajstić information content (AvgIpc) is 2.95. The number of methoxy groups -OCH3 is 2. The van der Waals surface area contributed by atoms with Crippen molar-refractivity contribution in [2.75, 3.05) is 20.8 Å². The Morgan fingerprint density at radius 3 is 2.59 bits per heavy atom. The zero-order chi connectivity index (χ0) is 21.2. The van der Waals surface area contributed by atoms with Crippen LogP contribution in [0.5, 0.6) is 17.2 Å². The van der Waals surface area contributed by atoms with Gasteiger partial charge in [0.1, 0.15) is 10.6 Å². The van der Waals surface area contributed by atoms with Crippen molar-refractivity contribution in [1.82, 2.24) is 5.43 Å². The smallest absolute Gasteiger partial charge is 0.288 e. The highest BCUT2D eigenvalue weighted by Gasteiger charge is 2.35. The number of hydrazone groups is 1. The second-order valence-corrected chi connectivity index (χ2v) is 7.81. The fourth-order valence-corrected chi connectivity index (χ4v) is 4.47. The van der Waals surface area contributed by atoms with Crippen LogP contribution in [0.15, 0.2) is 38.7 Å². The van der Waals surface area contributed by atoms with Crippen molar-refractivity contribution < 1.29 is 28.1 Å². The molecule has 0 atom stereocenters. The van der Waals surface area contributed by atoms with Gasteiger partial charge in [0.05, 0.1) is 20.4 Å². The Hall–Kier alpha value is -3.11. The van der Waals surface area contributed by atoms with Crippen LogP contribution in [-0.2, 0) is 16.4 Å². The molecule has 0 bridgehead atoms. The number of phenolic OH excluding ortho intramolecular Hbond substituents is 1. The normalized spacial score (nSPS) is 14.6. The molecule has 0 fully saturated rings. The molecule has 2 aromatic carbocycles. The van der Waals surface area contributed by atoms with Gasteiger partial charge in [-0.05, 0) is 54.3 Å². The molecule has 3 rings (SSSR count). The Bertz CT molecular complexity index is 1110. The molecule has 2 aromatic rings. The lowest BCUT2D eigenvalue weighted by Gasteiger charge is -2.14. The summed E-state index contributed by atoms with van der Waals surface area (Å²) in [7, 11) is -1.16. The van der Waals surface area contributed by atoms with Gasteiger partial charge < -0.3 is 19.7 Å². The summed E-state index contributed by atoms with van der Waals surface area (Å²) < 4.78 is 39.3. The standard InChI is InChI=1S/C19H21N3O6S/c1-11-8-16(28-3)18-17(13(11)6-7-23)19(22-29(18,25)26)21-20-10-12-4-5-14(24)15(9-12)27-2/h4-5,8-10,23-24H,6-7H2,1-3H3,(H,21,22)/b20-10+. The van der Waals surface area contributed by atoms with Gasteiger partial charge in [-0.15, -0.1) is 4.40 Å². The molecule has 0 aliphatic carbocycles. The van der Waals surface area contributed by atoms with E-state index in [1.54, 1.807) is 18.2 Å². The molecular formula is C19H21N3O6S. The number of aliphatic hydroxyl groups excluding tert-OH is 1. The number of hydrogen-bond acceptors (Lipinski definition) is 8. The number of benzene rings is 2. The predicted octanol–water partition coefficient (Wildman–Crippen LogP) is 1.33. The molecule has 3 N–H and O–H groups in total. The number of phenols is 1. The number of sulfonamides is 1. The van der Waals surface area contributed by atoms with Crippen molar-refractivity contribution in [1.29, 1.82) is 0 Å². The summed E-state index contributed by atoms with van der Waals surface area (Å²) in [6.45, 7) is 1.66. The Kier molecular flexibility index (Phi) is 5.76. The SMILES string of the molecule is COc1cc(/C=N/NC2=NS(=O)(=O)c3c(OC)cc(C)c(CCO)c32)ccc1O. The number of rotatable bonds is 6. The van der Waals surface area contributed by atoms with Gasteiger partial charge in [0, 0.05) is 12.2 Å². The second-order valence-electron chi connectivity index (χ2n) is 6.27. The van der Waals surface area contributed by atoms with E-state index in [0.717, 1.165) is 5.56 Å². The fraction of sp³-hybridized carbons (Fsp3) is 0.263. The van der Waals surface area contributed by atoms with E-state index in [1.165, 1.54) is 26.5 Å². The zero-order valence-electron chi connectivity index (χ0n) is 16.1. The Morgan fingerprint density at radius 1 is 1.21 bits per heavy atom. The molecule has 9 nitrogen and oxygen atoms in total. The van der Waals surface area contributed by atoms with E-state index in [9.17, 15) is 18.6 Å². The number of aromatic hydroxyl groups is 1. The van der Waals surface area contributed by atoms with E-state index in [1.807, 2.05) is 6.92 Å². The molecule has 0 saturated carbocycles. The quantitative estimate of drug-likeness (QED) is 0.476. The molecule has 1 aliphatic heterocycles. The molecule has 0 radical (unpaired) electrons. The van der Waals surface area contributed by atoms with Crippen molar-refractivity contribution >= 4 is 22.1 Å². The van der Waals surface area contributed by atoms with Crippen LogP contribution in [0.3, 0.4) is 0 Å². The maximum absolute atomic E-state index is 12.6. The van der Waals surface area contributed by atoms with Gasteiger partial charge in [0.25, 0.3) is 10.0 Å². The molecule has 10 heteroatoms. The molecule has 0 aromatic heterocycles. The summed E-state index contributed by atoms with van der Waals surface area (Å²) in [4.78, 5) is -0.0435. The maximum atomic E-state index is 12.6. The van der Waals surface area contributed by atoms with E-state index in [0.29, 0.717) is 16.7 Å². The summed E-state index contributed by atoms with van der Waals surface area (Å²) >= 11 is 0. The summed E-state index contributed by atoms with van der Waals surface area (Å²) in [5, 5.41) is 23.1. The van der Waals surface area contributed by atoms with Crippen molar-refractivity contribution in [2.45, 2.75) is 18.2 Å². The van der Waals surface area contributed by atoms with E-state index < -0.39 is 10.0 Å². The summed E-state index contributed by atoms with van der Waals surface area (Å²) in [5.41, 5.74) is 5.05. The lowest BCUT2D eigenvalue weighted by molar-refractivity contribution is 0.299. The maximum Gasteiger partial charge on any atom is 0.288 e. The number of ether oxygens (including phenoxy) is 2. The van der Waals surface area contributed by atoms with Gasteiger partial charge in [-0.1, -0.05) is 0 Å². The molecule has 1 heterocycles.